The summed E-state index contributed by atoms with van der Waals surface area (Å²) < 4.78 is 7.65. The Hall–Kier alpha value is -1.44. The van der Waals surface area contributed by atoms with E-state index in [2.05, 4.69) is 18.2 Å². The summed E-state index contributed by atoms with van der Waals surface area (Å²) >= 11 is 0.262. The number of ether oxygens (including phenoxy) is 1. The van der Waals surface area contributed by atoms with Crippen LogP contribution in [0.4, 0.5) is 5.69 Å². The Morgan fingerprint density at radius 1 is 1.00 bits per heavy atom. The molecule has 0 spiro atoms. The minimum absolute atomic E-state index is 0.262. The molecule has 82 valence electrons. The van der Waals surface area contributed by atoms with E-state index in [0.29, 0.717) is 0 Å². The molecule has 0 amide bonds. The van der Waals surface area contributed by atoms with Crippen LogP contribution < -0.4 is 19.4 Å². The SMILES string of the molecule is COc1ccc([Se]c2ccccc2N)cc1. The van der Waals surface area contributed by atoms with Crippen molar-refractivity contribution in [1.29, 1.82) is 0 Å². The van der Waals surface area contributed by atoms with Gasteiger partial charge in [0.15, 0.2) is 0 Å². The van der Waals surface area contributed by atoms with Gasteiger partial charge in [-0.05, 0) is 0 Å². The third-order valence-electron chi connectivity index (χ3n) is 2.21. The van der Waals surface area contributed by atoms with Crippen molar-refractivity contribution >= 4 is 29.6 Å². The normalized spacial score (nSPS) is 10.1. The first-order chi connectivity index (χ1) is 7.79. The van der Waals surface area contributed by atoms with Gasteiger partial charge in [-0.15, -0.1) is 0 Å². The predicted molar refractivity (Wildman–Crippen MR) is 68.9 cm³/mol. The summed E-state index contributed by atoms with van der Waals surface area (Å²) in [6.07, 6.45) is 0. The minimum atomic E-state index is 0.262. The molecule has 0 aromatic heterocycles. The first kappa shape index (κ1) is 11.1. The van der Waals surface area contributed by atoms with Gasteiger partial charge < -0.3 is 0 Å². The summed E-state index contributed by atoms with van der Waals surface area (Å²) in [5.74, 6) is 0.889. The Bertz CT molecular complexity index is 468. The number of rotatable bonds is 3. The van der Waals surface area contributed by atoms with Gasteiger partial charge in [-0.1, -0.05) is 0 Å². The van der Waals surface area contributed by atoms with Crippen molar-refractivity contribution in [2.24, 2.45) is 0 Å². The Morgan fingerprint density at radius 2 is 1.69 bits per heavy atom. The van der Waals surface area contributed by atoms with Gasteiger partial charge in [0.25, 0.3) is 0 Å². The predicted octanol–water partition coefficient (Wildman–Crippen LogP) is 0.932. The topological polar surface area (TPSA) is 35.2 Å². The van der Waals surface area contributed by atoms with Gasteiger partial charge in [0.2, 0.25) is 0 Å². The average molecular weight is 278 g/mol. The summed E-state index contributed by atoms with van der Waals surface area (Å²) in [4.78, 5) is 0. The second-order valence-corrected chi connectivity index (χ2v) is 5.66. The molecule has 0 saturated heterocycles. The molecule has 0 fully saturated rings. The fourth-order valence-electron chi connectivity index (χ4n) is 1.34. The number of nitrogen functional groups attached to an aromatic ring is 1. The third-order valence-corrected chi connectivity index (χ3v) is 4.51. The molecule has 2 nitrogen and oxygen atoms in total. The van der Waals surface area contributed by atoms with Crippen LogP contribution in [0, 0.1) is 0 Å². The molecule has 0 aliphatic carbocycles. The van der Waals surface area contributed by atoms with E-state index in [-0.39, 0.29) is 15.0 Å². The van der Waals surface area contributed by atoms with Crippen molar-refractivity contribution < 1.29 is 4.74 Å². The molecular formula is C13H13NOSe. The zero-order chi connectivity index (χ0) is 11.4. The van der Waals surface area contributed by atoms with Gasteiger partial charge in [0, 0.05) is 0 Å². The van der Waals surface area contributed by atoms with E-state index < -0.39 is 0 Å². The quantitative estimate of drug-likeness (QED) is 0.669. The zero-order valence-corrected chi connectivity index (χ0v) is 10.7. The summed E-state index contributed by atoms with van der Waals surface area (Å²) in [7, 11) is 1.68. The van der Waals surface area contributed by atoms with Gasteiger partial charge in [-0.2, -0.15) is 0 Å². The van der Waals surface area contributed by atoms with Crippen LogP contribution in [0.3, 0.4) is 0 Å². The Morgan fingerprint density at radius 3 is 2.31 bits per heavy atom. The van der Waals surface area contributed by atoms with E-state index in [9.17, 15) is 0 Å². The Balaban J connectivity index is 2.18. The number of nitrogens with two attached hydrogens (primary N) is 1. The van der Waals surface area contributed by atoms with Crippen LogP contribution in [-0.4, -0.2) is 22.1 Å². The fourth-order valence-corrected chi connectivity index (χ4v) is 3.15. The molecule has 3 heteroatoms. The summed E-state index contributed by atoms with van der Waals surface area (Å²) in [6.45, 7) is 0. The van der Waals surface area contributed by atoms with E-state index >= 15 is 0 Å². The van der Waals surface area contributed by atoms with E-state index in [4.69, 9.17) is 10.5 Å². The molecule has 0 aliphatic heterocycles. The molecule has 0 heterocycles. The molecule has 2 aromatic carbocycles. The second kappa shape index (κ2) is 5.06. The molecule has 2 rings (SSSR count). The monoisotopic (exact) mass is 279 g/mol. The molecule has 0 atom stereocenters. The van der Waals surface area contributed by atoms with Crippen LogP contribution in [0.1, 0.15) is 0 Å². The first-order valence-corrected chi connectivity index (χ1v) is 6.67. The first-order valence-electron chi connectivity index (χ1n) is 4.96. The van der Waals surface area contributed by atoms with Crippen LogP contribution in [0.5, 0.6) is 5.75 Å². The number of anilines is 1. The standard InChI is InChI=1S/C13H13NOSe/c1-15-10-6-8-11(9-7-10)16-13-5-3-2-4-12(13)14/h2-9H,14H2,1H3. The van der Waals surface area contributed by atoms with E-state index in [1.165, 1.54) is 8.92 Å². The summed E-state index contributed by atoms with van der Waals surface area (Å²) in [5.41, 5.74) is 6.79. The zero-order valence-electron chi connectivity index (χ0n) is 9.01. The fraction of sp³-hybridized carbons (Fsp3) is 0.0769. The summed E-state index contributed by atoms with van der Waals surface area (Å²) in [6, 6.07) is 16.2. The van der Waals surface area contributed by atoms with Crippen molar-refractivity contribution in [1.82, 2.24) is 0 Å². The van der Waals surface area contributed by atoms with Crippen LogP contribution in [0.15, 0.2) is 48.5 Å². The van der Waals surface area contributed by atoms with Crippen LogP contribution >= 0.6 is 0 Å². The van der Waals surface area contributed by atoms with Crippen molar-refractivity contribution in [2.45, 2.75) is 0 Å². The Labute approximate surface area is 102 Å². The van der Waals surface area contributed by atoms with Gasteiger partial charge in [-0.3, -0.25) is 0 Å². The van der Waals surface area contributed by atoms with Gasteiger partial charge >= 0.3 is 101 Å². The molecule has 0 radical (unpaired) electrons. The van der Waals surface area contributed by atoms with Crippen LogP contribution in [0.25, 0.3) is 0 Å². The molecule has 16 heavy (non-hydrogen) atoms. The second-order valence-electron chi connectivity index (χ2n) is 3.32. The van der Waals surface area contributed by atoms with E-state index in [0.717, 1.165) is 11.4 Å². The number of methoxy groups -OCH3 is 1. The van der Waals surface area contributed by atoms with Crippen molar-refractivity contribution in [3.8, 4) is 5.75 Å². The van der Waals surface area contributed by atoms with Crippen LogP contribution in [0.2, 0.25) is 0 Å². The van der Waals surface area contributed by atoms with Crippen molar-refractivity contribution in [3.05, 3.63) is 48.5 Å². The van der Waals surface area contributed by atoms with E-state index in [1.807, 2.05) is 30.3 Å². The number of hydrogen-bond donors (Lipinski definition) is 1. The number of hydrogen-bond acceptors (Lipinski definition) is 2. The van der Waals surface area contributed by atoms with Crippen molar-refractivity contribution in [3.63, 3.8) is 0 Å². The molecule has 0 saturated carbocycles. The van der Waals surface area contributed by atoms with Gasteiger partial charge in [-0.25, -0.2) is 0 Å². The molecule has 2 aromatic rings. The number of benzene rings is 2. The van der Waals surface area contributed by atoms with Crippen molar-refractivity contribution in [2.75, 3.05) is 12.8 Å². The number of para-hydroxylation sites is 1. The maximum atomic E-state index is 5.92. The molecule has 0 aliphatic rings. The van der Waals surface area contributed by atoms with Gasteiger partial charge in [0.1, 0.15) is 0 Å². The van der Waals surface area contributed by atoms with Crippen LogP contribution in [-0.2, 0) is 0 Å². The van der Waals surface area contributed by atoms with Gasteiger partial charge in [0.05, 0.1) is 0 Å². The molecule has 0 unspecified atom stereocenters. The van der Waals surface area contributed by atoms with E-state index in [1.54, 1.807) is 7.11 Å². The third kappa shape index (κ3) is 2.57. The summed E-state index contributed by atoms with van der Waals surface area (Å²) in [5, 5.41) is 0. The maximum absolute atomic E-state index is 5.92. The Kier molecular flexibility index (Phi) is 3.50. The average Bonchev–Trinajstić information content (AvgIpc) is 2.33. The molecule has 0 bridgehead atoms. The molecular weight excluding hydrogens is 265 g/mol. The molecule has 2 N–H and O–H groups in total.